The highest BCUT2D eigenvalue weighted by molar-refractivity contribution is 5.49. The van der Waals surface area contributed by atoms with Gasteiger partial charge < -0.3 is 16.0 Å². The Morgan fingerprint density at radius 1 is 1.50 bits per heavy atom. The lowest BCUT2D eigenvalue weighted by molar-refractivity contribution is 0.602. The van der Waals surface area contributed by atoms with Crippen molar-refractivity contribution >= 4 is 11.6 Å². The van der Waals surface area contributed by atoms with Crippen LogP contribution in [0.4, 0.5) is 11.6 Å². The van der Waals surface area contributed by atoms with Crippen molar-refractivity contribution in [1.82, 2.24) is 9.97 Å². The highest BCUT2D eigenvalue weighted by Crippen LogP contribution is 2.22. The zero-order chi connectivity index (χ0) is 13.0. The van der Waals surface area contributed by atoms with E-state index in [-0.39, 0.29) is 0 Å². The number of aromatic nitrogens is 2. The molecule has 1 unspecified atom stereocenters. The van der Waals surface area contributed by atoms with Gasteiger partial charge in [-0.2, -0.15) is 0 Å². The van der Waals surface area contributed by atoms with Gasteiger partial charge in [-0.15, -0.1) is 0 Å². The number of anilines is 2. The number of nitrogens with one attached hydrogen (secondary N) is 1. The zero-order valence-electron chi connectivity index (χ0n) is 11.3. The molecule has 0 aliphatic carbocycles. The predicted octanol–water partition coefficient (Wildman–Crippen LogP) is 1.33. The molecule has 1 aromatic heterocycles. The molecule has 18 heavy (non-hydrogen) atoms. The van der Waals surface area contributed by atoms with Crippen LogP contribution < -0.4 is 16.0 Å². The molecule has 3 N–H and O–H groups in total. The normalized spacial score (nSPS) is 19.6. The van der Waals surface area contributed by atoms with Crippen molar-refractivity contribution in [2.75, 3.05) is 36.4 Å². The number of nitrogens with two attached hydrogens (primary N) is 1. The molecule has 0 aromatic carbocycles. The molecule has 0 bridgehead atoms. The van der Waals surface area contributed by atoms with Crippen LogP contribution >= 0.6 is 0 Å². The third kappa shape index (κ3) is 3.32. The van der Waals surface area contributed by atoms with E-state index in [1.54, 1.807) is 6.33 Å². The van der Waals surface area contributed by atoms with Crippen molar-refractivity contribution in [1.29, 1.82) is 0 Å². The molecular weight excluding hydrogens is 226 g/mol. The molecule has 5 nitrogen and oxygen atoms in total. The van der Waals surface area contributed by atoms with E-state index in [1.165, 1.54) is 0 Å². The fourth-order valence-corrected chi connectivity index (χ4v) is 2.16. The average molecular weight is 249 g/mol. The molecule has 0 amide bonds. The third-order valence-corrected chi connectivity index (χ3v) is 3.29. The van der Waals surface area contributed by atoms with Crippen molar-refractivity contribution in [3.63, 3.8) is 0 Å². The Hall–Kier alpha value is -1.36. The molecule has 100 valence electrons. The highest BCUT2D eigenvalue weighted by Gasteiger charge is 2.22. The van der Waals surface area contributed by atoms with Gasteiger partial charge in [0.1, 0.15) is 18.0 Å². The van der Waals surface area contributed by atoms with Gasteiger partial charge in [-0.05, 0) is 24.8 Å². The summed E-state index contributed by atoms with van der Waals surface area (Å²) in [5, 5.41) is 3.33. The van der Waals surface area contributed by atoms with Gasteiger partial charge in [0.05, 0.1) is 0 Å². The summed E-state index contributed by atoms with van der Waals surface area (Å²) in [5.74, 6) is 3.13. The lowest BCUT2D eigenvalue weighted by Crippen LogP contribution is -2.23. The fourth-order valence-electron chi connectivity index (χ4n) is 2.16. The number of rotatable bonds is 5. The summed E-state index contributed by atoms with van der Waals surface area (Å²) < 4.78 is 0. The van der Waals surface area contributed by atoms with E-state index in [4.69, 9.17) is 5.73 Å². The summed E-state index contributed by atoms with van der Waals surface area (Å²) in [4.78, 5) is 10.9. The Morgan fingerprint density at radius 3 is 3.00 bits per heavy atom. The second-order valence-electron chi connectivity index (χ2n) is 5.37. The first-order valence-electron chi connectivity index (χ1n) is 6.70. The van der Waals surface area contributed by atoms with Crippen LogP contribution in [-0.4, -0.2) is 36.1 Å². The van der Waals surface area contributed by atoms with Gasteiger partial charge in [-0.3, -0.25) is 0 Å². The maximum Gasteiger partial charge on any atom is 0.134 e. The molecule has 1 aliphatic rings. The first kappa shape index (κ1) is 13.1. The highest BCUT2D eigenvalue weighted by atomic mass is 15.2. The van der Waals surface area contributed by atoms with E-state index >= 15 is 0 Å². The maximum absolute atomic E-state index is 5.71. The Balaban J connectivity index is 1.99. The first-order chi connectivity index (χ1) is 8.69. The Morgan fingerprint density at radius 2 is 2.33 bits per heavy atom. The maximum atomic E-state index is 5.71. The molecule has 1 aromatic rings. The minimum Gasteiger partial charge on any atom is -0.370 e. The first-order valence-corrected chi connectivity index (χ1v) is 6.70. The lowest BCUT2D eigenvalue weighted by atomic mass is 10.1. The van der Waals surface area contributed by atoms with Crippen LogP contribution in [0.5, 0.6) is 0 Å². The van der Waals surface area contributed by atoms with Crippen molar-refractivity contribution in [3.8, 4) is 0 Å². The van der Waals surface area contributed by atoms with Gasteiger partial charge in [0, 0.05) is 25.7 Å². The fraction of sp³-hybridized carbons (Fsp3) is 0.692. The summed E-state index contributed by atoms with van der Waals surface area (Å²) in [6.45, 7) is 8.12. The van der Waals surface area contributed by atoms with E-state index in [0.717, 1.165) is 44.2 Å². The van der Waals surface area contributed by atoms with Gasteiger partial charge in [-0.25, -0.2) is 9.97 Å². The van der Waals surface area contributed by atoms with Gasteiger partial charge in [0.15, 0.2) is 0 Å². The third-order valence-electron chi connectivity index (χ3n) is 3.29. The molecule has 1 saturated heterocycles. The molecule has 0 radical (unpaired) electrons. The predicted molar refractivity (Wildman–Crippen MR) is 74.7 cm³/mol. The molecule has 2 rings (SSSR count). The van der Waals surface area contributed by atoms with Crippen molar-refractivity contribution in [2.45, 2.75) is 20.3 Å². The van der Waals surface area contributed by atoms with Crippen LogP contribution in [0.15, 0.2) is 12.4 Å². The van der Waals surface area contributed by atoms with Crippen molar-refractivity contribution < 1.29 is 0 Å². The second-order valence-corrected chi connectivity index (χ2v) is 5.37. The van der Waals surface area contributed by atoms with Crippen LogP contribution in [0.25, 0.3) is 0 Å². The molecular formula is C13H23N5. The number of hydrogen-bond acceptors (Lipinski definition) is 5. The van der Waals surface area contributed by atoms with Crippen molar-refractivity contribution in [2.24, 2.45) is 17.6 Å². The topological polar surface area (TPSA) is 67.1 Å². The van der Waals surface area contributed by atoms with E-state index in [9.17, 15) is 0 Å². The summed E-state index contributed by atoms with van der Waals surface area (Å²) in [5.41, 5.74) is 5.71. The molecule has 2 heterocycles. The van der Waals surface area contributed by atoms with Gasteiger partial charge in [-0.1, -0.05) is 13.8 Å². The second kappa shape index (κ2) is 6.00. The minimum absolute atomic E-state index is 0.604. The van der Waals surface area contributed by atoms with Crippen LogP contribution in [-0.2, 0) is 0 Å². The van der Waals surface area contributed by atoms with E-state index in [1.807, 2.05) is 6.07 Å². The van der Waals surface area contributed by atoms with E-state index in [0.29, 0.717) is 11.8 Å². The lowest BCUT2D eigenvalue weighted by Gasteiger charge is -2.18. The van der Waals surface area contributed by atoms with Gasteiger partial charge in [0.25, 0.3) is 0 Å². The molecule has 1 atom stereocenters. The standard InChI is InChI=1S/C13H23N5/c1-10(2)7-15-12-5-13(17-9-16-12)18-4-3-11(6-14)8-18/h5,9-11H,3-4,6-8,14H2,1-2H3,(H,15,16,17). The number of nitrogens with zero attached hydrogens (tertiary/aromatic N) is 3. The molecule has 1 aliphatic heterocycles. The van der Waals surface area contributed by atoms with E-state index in [2.05, 4.69) is 34.0 Å². The molecule has 1 fully saturated rings. The quantitative estimate of drug-likeness (QED) is 0.824. The summed E-state index contributed by atoms with van der Waals surface area (Å²) in [6.07, 6.45) is 2.79. The zero-order valence-corrected chi connectivity index (χ0v) is 11.3. The average Bonchev–Trinajstić information content (AvgIpc) is 2.85. The minimum atomic E-state index is 0.604. The number of hydrogen-bond donors (Lipinski definition) is 2. The Labute approximate surface area is 109 Å². The molecule has 0 saturated carbocycles. The van der Waals surface area contributed by atoms with Gasteiger partial charge >= 0.3 is 0 Å². The largest absolute Gasteiger partial charge is 0.370 e. The summed E-state index contributed by atoms with van der Waals surface area (Å²) >= 11 is 0. The van der Waals surface area contributed by atoms with E-state index < -0.39 is 0 Å². The molecule has 0 spiro atoms. The Kier molecular flexibility index (Phi) is 4.36. The monoisotopic (exact) mass is 249 g/mol. The summed E-state index contributed by atoms with van der Waals surface area (Å²) in [6, 6.07) is 2.03. The summed E-state index contributed by atoms with van der Waals surface area (Å²) in [7, 11) is 0. The van der Waals surface area contributed by atoms with Crippen LogP contribution in [0, 0.1) is 11.8 Å². The van der Waals surface area contributed by atoms with Crippen LogP contribution in [0.1, 0.15) is 20.3 Å². The molecule has 5 heteroatoms. The Bertz CT molecular complexity index is 379. The van der Waals surface area contributed by atoms with Gasteiger partial charge in [0.2, 0.25) is 0 Å². The SMILES string of the molecule is CC(C)CNc1cc(N2CCC(CN)C2)ncn1. The van der Waals surface area contributed by atoms with Crippen molar-refractivity contribution in [3.05, 3.63) is 12.4 Å². The van der Waals surface area contributed by atoms with Crippen LogP contribution in [0.3, 0.4) is 0 Å². The smallest absolute Gasteiger partial charge is 0.134 e. The van der Waals surface area contributed by atoms with Crippen LogP contribution in [0.2, 0.25) is 0 Å².